The van der Waals surface area contributed by atoms with Gasteiger partial charge in [-0.1, -0.05) is 18.2 Å². The number of fused-ring (bicyclic) bond motifs is 1. The first-order valence-electron chi connectivity index (χ1n) is 10.2. The quantitative estimate of drug-likeness (QED) is 0.645. The average Bonchev–Trinajstić information content (AvgIpc) is 3.46. The number of carbonyl (C=O) groups excluding carboxylic acids is 1. The maximum Gasteiger partial charge on any atom is 0.335 e. The first-order chi connectivity index (χ1) is 15.0. The monoisotopic (exact) mass is 415 g/mol. The van der Waals surface area contributed by atoms with E-state index in [9.17, 15) is 14.7 Å². The number of hydrogen-bond donors (Lipinski definition) is 1. The molecule has 156 valence electrons. The average molecular weight is 415 g/mol. The molecule has 5 rings (SSSR count). The number of aryl methyl sites for hydroxylation is 1. The highest BCUT2D eigenvalue weighted by Crippen LogP contribution is 2.51. The molecule has 1 aliphatic heterocycles. The van der Waals surface area contributed by atoms with Gasteiger partial charge >= 0.3 is 5.97 Å². The van der Waals surface area contributed by atoms with Crippen molar-refractivity contribution >= 4 is 11.8 Å². The first kappa shape index (κ1) is 19.3. The minimum absolute atomic E-state index is 0.155. The minimum Gasteiger partial charge on any atom is -0.478 e. The highest BCUT2D eigenvalue weighted by molar-refractivity contribution is 5.95. The van der Waals surface area contributed by atoms with Gasteiger partial charge < -0.3 is 14.6 Å². The fourth-order valence-electron chi connectivity index (χ4n) is 4.19. The van der Waals surface area contributed by atoms with E-state index in [-0.39, 0.29) is 24.6 Å². The van der Waals surface area contributed by atoms with Gasteiger partial charge in [-0.15, -0.1) is 0 Å². The van der Waals surface area contributed by atoms with Gasteiger partial charge in [-0.2, -0.15) is 0 Å². The molecule has 0 atom stereocenters. The van der Waals surface area contributed by atoms with Gasteiger partial charge in [0.25, 0.3) is 0 Å². The molecular formula is C25H21NO5. The van der Waals surface area contributed by atoms with Crippen LogP contribution in [0, 0.1) is 6.92 Å². The number of aromatic nitrogens is 1. The van der Waals surface area contributed by atoms with Crippen molar-refractivity contribution in [2.45, 2.75) is 31.6 Å². The molecule has 0 amide bonds. The number of hydrogen-bond acceptors (Lipinski definition) is 5. The van der Waals surface area contributed by atoms with Crippen LogP contribution in [0.5, 0.6) is 11.5 Å². The summed E-state index contributed by atoms with van der Waals surface area (Å²) in [5.74, 6) is 0.581. The van der Waals surface area contributed by atoms with Gasteiger partial charge in [0.2, 0.25) is 6.79 Å². The molecule has 1 N–H and O–H groups in total. The number of carboxylic acids is 1. The molecule has 3 aromatic rings. The van der Waals surface area contributed by atoms with E-state index in [0.717, 1.165) is 40.8 Å². The lowest BCUT2D eigenvalue weighted by Gasteiger charge is -2.16. The van der Waals surface area contributed by atoms with E-state index >= 15 is 0 Å². The number of carboxylic acid groups (broad SMARTS) is 1. The van der Waals surface area contributed by atoms with Crippen molar-refractivity contribution in [2.24, 2.45) is 0 Å². The molecule has 31 heavy (non-hydrogen) atoms. The highest BCUT2D eigenvalue weighted by atomic mass is 16.7. The second-order valence-electron chi connectivity index (χ2n) is 8.11. The van der Waals surface area contributed by atoms with Crippen molar-refractivity contribution in [3.8, 4) is 22.6 Å². The summed E-state index contributed by atoms with van der Waals surface area (Å²) in [7, 11) is 0. The summed E-state index contributed by atoms with van der Waals surface area (Å²) in [5.41, 5.74) is 3.93. The van der Waals surface area contributed by atoms with Crippen molar-refractivity contribution in [3.05, 3.63) is 77.1 Å². The largest absolute Gasteiger partial charge is 0.478 e. The number of ketones is 1. The first-order valence-corrected chi connectivity index (χ1v) is 10.2. The summed E-state index contributed by atoms with van der Waals surface area (Å²) in [6.07, 6.45) is 3.64. The SMILES string of the molecule is Cc1ncc(CC(=O)C2(c3ccc4c(c3)OCO4)CC2)cc1-c1cccc(C(=O)O)c1. The van der Waals surface area contributed by atoms with Crippen molar-refractivity contribution in [1.29, 1.82) is 0 Å². The van der Waals surface area contributed by atoms with Gasteiger partial charge in [-0.05, 0) is 66.8 Å². The number of ether oxygens (including phenoxy) is 2. The second-order valence-corrected chi connectivity index (χ2v) is 8.11. The molecule has 6 heteroatoms. The van der Waals surface area contributed by atoms with Crippen LogP contribution in [0.3, 0.4) is 0 Å². The van der Waals surface area contributed by atoms with Gasteiger partial charge in [0, 0.05) is 23.9 Å². The van der Waals surface area contributed by atoms with Crippen LogP contribution in [0.2, 0.25) is 0 Å². The second kappa shape index (κ2) is 7.23. The highest BCUT2D eigenvalue weighted by Gasteiger charge is 2.50. The van der Waals surface area contributed by atoms with Crippen molar-refractivity contribution in [2.75, 3.05) is 6.79 Å². The molecule has 0 unspecified atom stereocenters. The molecule has 1 saturated carbocycles. The van der Waals surface area contributed by atoms with E-state index in [1.54, 1.807) is 24.4 Å². The molecule has 0 saturated heterocycles. The predicted molar refractivity (Wildman–Crippen MR) is 114 cm³/mol. The Morgan fingerprint density at radius 1 is 1.06 bits per heavy atom. The van der Waals surface area contributed by atoms with Crippen molar-refractivity contribution in [1.82, 2.24) is 4.98 Å². The Balaban J connectivity index is 1.42. The Morgan fingerprint density at radius 3 is 2.65 bits per heavy atom. The molecule has 0 bridgehead atoms. The molecular weight excluding hydrogens is 394 g/mol. The third kappa shape index (κ3) is 3.44. The van der Waals surface area contributed by atoms with Crippen LogP contribution in [0.4, 0.5) is 0 Å². The van der Waals surface area contributed by atoms with E-state index in [1.807, 2.05) is 37.3 Å². The molecule has 0 spiro atoms. The lowest BCUT2D eigenvalue weighted by atomic mass is 9.87. The standard InChI is InChI=1S/C25H21NO5/c1-15-20(17-3-2-4-18(11-17)24(28)29)9-16(13-26-15)10-23(27)25(7-8-25)19-5-6-21-22(12-19)31-14-30-21/h2-6,9,11-13H,7-8,10,14H2,1H3,(H,28,29). The van der Waals surface area contributed by atoms with Crippen LogP contribution in [-0.2, 0) is 16.6 Å². The number of nitrogens with zero attached hydrogens (tertiary/aromatic N) is 1. The maximum atomic E-state index is 13.3. The van der Waals surface area contributed by atoms with Crippen LogP contribution >= 0.6 is 0 Å². The van der Waals surface area contributed by atoms with Crippen LogP contribution < -0.4 is 9.47 Å². The number of pyridine rings is 1. The summed E-state index contributed by atoms with van der Waals surface area (Å²) in [6, 6.07) is 14.4. The summed E-state index contributed by atoms with van der Waals surface area (Å²) in [4.78, 5) is 29.1. The Morgan fingerprint density at radius 2 is 1.87 bits per heavy atom. The summed E-state index contributed by atoms with van der Waals surface area (Å²) >= 11 is 0. The van der Waals surface area contributed by atoms with Crippen molar-refractivity contribution in [3.63, 3.8) is 0 Å². The Labute approximate surface area is 179 Å². The maximum absolute atomic E-state index is 13.3. The fraction of sp³-hybridized carbons (Fsp3) is 0.240. The molecule has 2 aromatic carbocycles. The number of rotatable bonds is 6. The molecule has 1 aliphatic carbocycles. The predicted octanol–water partition coefficient (Wildman–Crippen LogP) is 4.33. The lowest BCUT2D eigenvalue weighted by Crippen LogP contribution is -2.22. The molecule has 1 aromatic heterocycles. The zero-order valence-corrected chi connectivity index (χ0v) is 17.1. The molecule has 2 heterocycles. The topological polar surface area (TPSA) is 85.7 Å². The van der Waals surface area contributed by atoms with E-state index < -0.39 is 11.4 Å². The third-order valence-corrected chi connectivity index (χ3v) is 6.14. The summed E-state index contributed by atoms with van der Waals surface area (Å²) < 4.78 is 10.9. The molecule has 1 fully saturated rings. The van der Waals surface area contributed by atoms with Crippen LogP contribution in [0.1, 0.15) is 40.0 Å². The van der Waals surface area contributed by atoms with Gasteiger partial charge in [0.15, 0.2) is 11.5 Å². The molecule has 6 nitrogen and oxygen atoms in total. The van der Waals surface area contributed by atoms with Gasteiger partial charge in [-0.3, -0.25) is 9.78 Å². The summed E-state index contributed by atoms with van der Waals surface area (Å²) in [5, 5.41) is 9.29. The number of benzene rings is 2. The zero-order chi connectivity index (χ0) is 21.6. The van der Waals surface area contributed by atoms with E-state index in [2.05, 4.69) is 4.98 Å². The molecule has 0 radical (unpaired) electrons. The fourth-order valence-corrected chi connectivity index (χ4v) is 4.19. The normalized spacial score (nSPS) is 15.5. The van der Waals surface area contributed by atoms with Crippen LogP contribution in [-0.4, -0.2) is 28.6 Å². The Bertz CT molecular complexity index is 1210. The van der Waals surface area contributed by atoms with E-state index in [1.165, 1.54) is 0 Å². The lowest BCUT2D eigenvalue weighted by molar-refractivity contribution is -0.120. The van der Waals surface area contributed by atoms with Crippen LogP contribution in [0.25, 0.3) is 11.1 Å². The zero-order valence-electron chi connectivity index (χ0n) is 17.1. The molecule has 2 aliphatic rings. The van der Waals surface area contributed by atoms with Gasteiger partial charge in [0.1, 0.15) is 5.78 Å². The Kier molecular flexibility index (Phi) is 4.50. The number of Topliss-reactive ketones (excluding diaryl/α,β-unsaturated/α-hetero) is 1. The Hall–Kier alpha value is -3.67. The smallest absolute Gasteiger partial charge is 0.335 e. The third-order valence-electron chi connectivity index (χ3n) is 6.14. The van der Waals surface area contributed by atoms with Gasteiger partial charge in [0.05, 0.1) is 11.0 Å². The van der Waals surface area contributed by atoms with Crippen LogP contribution in [0.15, 0.2) is 54.7 Å². The van der Waals surface area contributed by atoms with Gasteiger partial charge in [-0.25, -0.2) is 4.79 Å². The minimum atomic E-state index is -0.974. The van der Waals surface area contributed by atoms with E-state index in [0.29, 0.717) is 11.5 Å². The van der Waals surface area contributed by atoms with Crippen molar-refractivity contribution < 1.29 is 24.2 Å². The number of aromatic carboxylic acids is 1. The number of carbonyl (C=O) groups is 2. The van der Waals surface area contributed by atoms with E-state index in [4.69, 9.17) is 9.47 Å². The summed E-state index contributed by atoms with van der Waals surface area (Å²) in [6.45, 7) is 2.09.